The van der Waals surface area contributed by atoms with Gasteiger partial charge in [-0.2, -0.15) is 0 Å². The number of carbonyl (C=O) groups excluding carboxylic acids is 2. The summed E-state index contributed by atoms with van der Waals surface area (Å²) in [5.41, 5.74) is 2.19. The van der Waals surface area contributed by atoms with Crippen LogP contribution in [0.3, 0.4) is 0 Å². The van der Waals surface area contributed by atoms with Crippen molar-refractivity contribution in [2.24, 2.45) is 11.8 Å². The SMILES string of the molecule is CCOC(=O)c1c(C)[nH]c(C(=O)N2C[C@H]3CCC[C@](O)(c4ccccc4)[C@H]3C2)c1C. The average Bonchev–Trinajstić information content (AvgIpc) is 3.30. The molecule has 3 atom stereocenters. The van der Waals surface area contributed by atoms with Gasteiger partial charge in [0.2, 0.25) is 0 Å². The van der Waals surface area contributed by atoms with Gasteiger partial charge in [0.25, 0.3) is 5.91 Å². The fraction of sp³-hybridized carbons (Fsp3) is 0.500. The van der Waals surface area contributed by atoms with E-state index in [1.807, 2.05) is 35.2 Å². The molecule has 2 N–H and O–H groups in total. The average molecular weight is 411 g/mol. The topological polar surface area (TPSA) is 82.6 Å². The van der Waals surface area contributed by atoms with Crippen LogP contribution in [0.15, 0.2) is 30.3 Å². The van der Waals surface area contributed by atoms with Crippen LogP contribution in [-0.4, -0.2) is 46.6 Å². The highest BCUT2D eigenvalue weighted by Crippen LogP contribution is 2.48. The van der Waals surface area contributed by atoms with Gasteiger partial charge in [-0.05, 0) is 57.1 Å². The fourth-order valence-electron chi connectivity index (χ4n) is 5.41. The molecule has 2 aliphatic rings. The van der Waals surface area contributed by atoms with Crippen LogP contribution in [-0.2, 0) is 10.3 Å². The van der Waals surface area contributed by atoms with Crippen molar-refractivity contribution in [3.63, 3.8) is 0 Å². The Morgan fingerprint density at radius 1 is 1.23 bits per heavy atom. The number of aryl methyl sites for hydroxylation is 1. The third-order valence-electron chi connectivity index (χ3n) is 6.88. The van der Waals surface area contributed by atoms with Crippen LogP contribution in [0.2, 0.25) is 0 Å². The Hall–Kier alpha value is -2.60. The molecule has 6 heteroatoms. The highest BCUT2D eigenvalue weighted by Gasteiger charge is 2.50. The molecule has 1 amide bonds. The number of aromatic nitrogens is 1. The minimum absolute atomic E-state index is 0.0125. The van der Waals surface area contributed by atoms with E-state index in [0.717, 1.165) is 18.4 Å². The number of aromatic amines is 1. The van der Waals surface area contributed by atoms with Crippen molar-refractivity contribution in [1.29, 1.82) is 0 Å². The van der Waals surface area contributed by atoms with Crippen molar-refractivity contribution < 1.29 is 19.4 Å². The zero-order valence-corrected chi connectivity index (χ0v) is 17.9. The van der Waals surface area contributed by atoms with Crippen LogP contribution in [0.25, 0.3) is 0 Å². The molecule has 2 heterocycles. The molecule has 1 saturated carbocycles. The molecule has 1 aliphatic carbocycles. The molecule has 1 aliphatic heterocycles. The van der Waals surface area contributed by atoms with Crippen LogP contribution in [0.5, 0.6) is 0 Å². The maximum atomic E-state index is 13.4. The number of esters is 1. The first-order chi connectivity index (χ1) is 14.4. The zero-order valence-electron chi connectivity index (χ0n) is 17.9. The molecule has 6 nitrogen and oxygen atoms in total. The van der Waals surface area contributed by atoms with Gasteiger partial charge in [0.15, 0.2) is 0 Å². The maximum Gasteiger partial charge on any atom is 0.340 e. The molecule has 0 bridgehead atoms. The Morgan fingerprint density at radius 2 is 1.97 bits per heavy atom. The predicted octanol–water partition coefficient (Wildman–Crippen LogP) is 3.57. The molecule has 30 heavy (non-hydrogen) atoms. The Morgan fingerprint density at radius 3 is 2.67 bits per heavy atom. The van der Waals surface area contributed by atoms with Crippen LogP contribution < -0.4 is 0 Å². The number of benzene rings is 1. The zero-order chi connectivity index (χ0) is 21.5. The van der Waals surface area contributed by atoms with Crippen LogP contribution in [0.4, 0.5) is 0 Å². The lowest BCUT2D eigenvalue weighted by molar-refractivity contribution is -0.0644. The molecule has 4 rings (SSSR count). The number of fused-ring (bicyclic) bond motifs is 1. The number of nitrogens with one attached hydrogen (secondary N) is 1. The van der Waals surface area contributed by atoms with Gasteiger partial charge in [0.1, 0.15) is 5.69 Å². The number of nitrogens with zero attached hydrogens (tertiary/aromatic N) is 1. The molecule has 1 saturated heterocycles. The van der Waals surface area contributed by atoms with E-state index in [9.17, 15) is 14.7 Å². The summed E-state index contributed by atoms with van der Waals surface area (Å²) in [7, 11) is 0. The second kappa shape index (κ2) is 7.91. The van der Waals surface area contributed by atoms with Crippen LogP contribution in [0, 0.1) is 25.7 Å². The van der Waals surface area contributed by atoms with Gasteiger partial charge in [-0.3, -0.25) is 4.79 Å². The lowest BCUT2D eigenvalue weighted by Crippen LogP contribution is -2.43. The third-order valence-corrected chi connectivity index (χ3v) is 6.88. The van der Waals surface area contributed by atoms with Crippen molar-refractivity contribution in [1.82, 2.24) is 9.88 Å². The predicted molar refractivity (Wildman–Crippen MR) is 113 cm³/mol. The smallest absolute Gasteiger partial charge is 0.340 e. The van der Waals surface area contributed by atoms with E-state index in [1.165, 1.54) is 0 Å². The molecule has 2 aromatic rings. The quantitative estimate of drug-likeness (QED) is 0.755. The van der Waals surface area contributed by atoms with Crippen molar-refractivity contribution in [3.05, 3.63) is 58.4 Å². The number of rotatable bonds is 4. The summed E-state index contributed by atoms with van der Waals surface area (Å²) in [6.45, 7) is 6.77. The number of hydrogen-bond acceptors (Lipinski definition) is 4. The summed E-state index contributed by atoms with van der Waals surface area (Å²) in [6, 6.07) is 9.83. The van der Waals surface area contributed by atoms with Gasteiger partial charge in [0, 0.05) is 24.7 Å². The third kappa shape index (κ3) is 3.33. The lowest BCUT2D eigenvalue weighted by atomic mass is 9.67. The number of likely N-dealkylation sites (tertiary alicyclic amines) is 1. The number of H-pyrrole nitrogens is 1. The van der Waals surface area contributed by atoms with E-state index in [1.54, 1.807) is 20.8 Å². The van der Waals surface area contributed by atoms with E-state index in [0.29, 0.717) is 48.6 Å². The molecular weight excluding hydrogens is 380 g/mol. The maximum absolute atomic E-state index is 13.4. The summed E-state index contributed by atoms with van der Waals surface area (Å²) in [4.78, 5) is 30.6. The van der Waals surface area contributed by atoms with E-state index < -0.39 is 11.6 Å². The Bertz CT molecular complexity index is 952. The lowest BCUT2D eigenvalue weighted by Gasteiger charge is -2.41. The molecule has 1 aromatic carbocycles. The van der Waals surface area contributed by atoms with Gasteiger partial charge in [0.05, 0.1) is 17.8 Å². The molecular formula is C24H30N2O4. The number of amides is 1. The Kier molecular flexibility index (Phi) is 5.45. The summed E-state index contributed by atoms with van der Waals surface area (Å²) >= 11 is 0. The first-order valence-corrected chi connectivity index (χ1v) is 10.8. The monoisotopic (exact) mass is 410 g/mol. The summed E-state index contributed by atoms with van der Waals surface area (Å²) < 4.78 is 5.14. The van der Waals surface area contributed by atoms with Crippen molar-refractivity contribution >= 4 is 11.9 Å². The van der Waals surface area contributed by atoms with E-state index in [2.05, 4.69) is 4.98 Å². The van der Waals surface area contributed by atoms with Gasteiger partial charge in [-0.25, -0.2) is 4.79 Å². The van der Waals surface area contributed by atoms with Crippen molar-refractivity contribution in [2.45, 2.75) is 45.6 Å². The fourth-order valence-corrected chi connectivity index (χ4v) is 5.41. The minimum Gasteiger partial charge on any atom is -0.462 e. The van der Waals surface area contributed by atoms with Gasteiger partial charge in [-0.15, -0.1) is 0 Å². The first-order valence-electron chi connectivity index (χ1n) is 10.8. The highest BCUT2D eigenvalue weighted by molar-refractivity contribution is 6.00. The number of ether oxygens (including phenoxy) is 1. The molecule has 1 aromatic heterocycles. The standard InChI is InChI=1S/C24H30N2O4/c1-4-30-23(28)20-15(2)21(25-16(20)3)22(27)26-13-17-9-8-12-24(29,19(17)14-26)18-10-6-5-7-11-18/h5-7,10-11,17,19,25,29H,4,8-9,12-14H2,1-3H3/t17-,19+,24+/m1/s1. The molecule has 0 spiro atoms. The van der Waals surface area contributed by atoms with Gasteiger partial charge < -0.3 is 19.7 Å². The summed E-state index contributed by atoms with van der Waals surface area (Å²) in [5.74, 6) is -0.236. The number of hydrogen-bond donors (Lipinski definition) is 2. The van der Waals surface area contributed by atoms with Crippen molar-refractivity contribution in [2.75, 3.05) is 19.7 Å². The molecule has 2 fully saturated rings. The second-order valence-corrected chi connectivity index (χ2v) is 8.60. The van der Waals surface area contributed by atoms with E-state index >= 15 is 0 Å². The number of carbonyl (C=O) groups is 2. The van der Waals surface area contributed by atoms with Crippen LogP contribution in [0.1, 0.15) is 63.9 Å². The summed E-state index contributed by atoms with van der Waals surface area (Å²) in [5, 5.41) is 11.6. The Labute approximate surface area is 177 Å². The second-order valence-electron chi connectivity index (χ2n) is 8.60. The largest absolute Gasteiger partial charge is 0.462 e. The minimum atomic E-state index is -0.907. The molecule has 160 valence electrons. The molecule has 0 radical (unpaired) electrons. The summed E-state index contributed by atoms with van der Waals surface area (Å²) in [6.07, 6.45) is 2.68. The number of aliphatic hydroxyl groups is 1. The first kappa shape index (κ1) is 20.7. The van der Waals surface area contributed by atoms with Crippen LogP contribution >= 0.6 is 0 Å². The normalized spacial score (nSPS) is 25.8. The van der Waals surface area contributed by atoms with Gasteiger partial charge >= 0.3 is 5.97 Å². The van der Waals surface area contributed by atoms with Crippen molar-refractivity contribution in [3.8, 4) is 0 Å². The highest BCUT2D eigenvalue weighted by atomic mass is 16.5. The van der Waals surface area contributed by atoms with Gasteiger partial charge in [-0.1, -0.05) is 30.3 Å². The Balaban J connectivity index is 1.59. The van der Waals surface area contributed by atoms with E-state index in [-0.39, 0.29) is 17.7 Å². The molecule has 0 unspecified atom stereocenters. The van der Waals surface area contributed by atoms with E-state index in [4.69, 9.17) is 4.74 Å².